The number of fused-ring (bicyclic) bond motifs is 1. The maximum Gasteiger partial charge on any atom is 0.418 e. The van der Waals surface area contributed by atoms with Crippen LogP contribution in [0.1, 0.15) is 10.6 Å². The van der Waals surface area contributed by atoms with Crippen molar-refractivity contribution in [3.63, 3.8) is 0 Å². The molecule has 2 aromatic carbocycles. The predicted molar refractivity (Wildman–Crippen MR) is 91.4 cm³/mol. The number of methoxy groups -OCH3 is 1. The molecule has 3 rings (SSSR count). The van der Waals surface area contributed by atoms with E-state index in [4.69, 9.17) is 4.74 Å². The number of hydrogen-bond donors (Lipinski definition) is 1. The Hall–Kier alpha value is -2.81. The van der Waals surface area contributed by atoms with E-state index in [1.807, 2.05) is 0 Å². The SMILES string of the molecule is COC(=O)Nc1ccc(OCc2nc3c(C(F)(F)F)cccc3s2)cc1. The Morgan fingerprint density at radius 2 is 1.92 bits per heavy atom. The Morgan fingerprint density at radius 3 is 2.58 bits per heavy atom. The van der Waals surface area contributed by atoms with Crippen LogP contribution < -0.4 is 10.1 Å². The first-order valence-corrected chi connectivity index (χ1v) is 8.22. The number of nitrogens with zero attached hydrogens (tertiary/aromatic N) is 1. The number of thiazole rings is 1. The fraction of sp³-hybridized carbons (Fsp3) is 0.176. The van der Waals surface area contributed by atoms with Gasteiger partial charge in [-0.25, -0.2) is 9.78 Å². The highest BCUT2D eigenvalue weighted by Gasteiger charge is 2.33. The van der Waals surface area contributed by atoms with Crippen molar-refractivity contribution in [1.82, 2.24) is 4.98 Å². The predicted octanol–water partition coefficient (Wildman–Crippen LogP) is 5.07. The third kappa shape index (κ3) is 4.05. The van der Waals surface area contributed by atoms with Crippen molar-refractivity contribution in [1.29, 1.82) is 0 Å². The van der Waals surface area contributed by atoms with Crippen molar-refractivity contribution < 1.29 is 27.4 Å². The first kappa shape index (κ1) is 18.0. The fourth-order valence-corrected chi connectivity index (χ4v) is 3.14. The van der Waals surface area contributed by atoms with Gasteiger partial charge in [0.25, 0.3) is 0 Å². The monoisotopic (exact) mass is 382 g/mol. The highest BCUT2D eigenvalue weighted by atomic mass is 32.1. The summed E-state index contributed by atoms with van der Waals surface area (Å²) >= 11 is 1.15. The zero-order valence-electron chi connectivity index (χ0n) is 13.5. The normalized spacial score (nSPS) is 11.4. The van der Waals surface area contributed by atoms with Gasteiger partial charge in [0, 0.05) is 5.69 Å². The van der Waals surface area contributed by atoms with Gasteiger partial charge >= 0.3 is 12.3 Å². The molecule has 1 N–H and O–H groups in total. The van der Waals surface area contributed by atoms with E-state index in [1.165, 1.54) is 13.2 Å². The number of rotatable bonds is 4. The van der Waals surface area contributed by atoms with Gasteiger partial charge in [0.15, 0.2) is 0 Å². The van der Waals surface area contributed by atoms with Crippen LogP contribution in [0, 0.1) is 0 Å². The van der Waals surface area contributed by atoms with Gasteiger partial charge in [-0.1, -0.05) is 6.07 Å². The van der Waals surface area contributed by atoms with Crippen molar-refractivity contribution in [3.8, 4) is 5.75 Å². The zero-order chi connectivity index (χ0) is 18.7. The van der Waals surface area contributed by atoms with Crippen LogP contribution in [0.5, 0.6) is 5.75 Å². The average molecular weight is 382 g/mol. The highest BCUT2D eigenvalue weighted by molar-refractivity contribution is 7.18. The Kier molecular flexibility index (Phi) is 4.99. The fourth-order valence-electron chi connectivity index (χ4n) is 2.23. The molecule has 1 amide bonds. The molecule has 1 heterocycles. The molecule has 0 unspecified atom stereocenters. The van der Waals surface area contributed by atoms with Crippen LogP contribution in [0.2, 0.25) is 0 Å². The largest absolute Gasteiger partial charge is 0.486 e. The molecule has 26 heavy (non-hydrogen) atoms. The highest BCUT2D eigenvalue weighted by Crippen LogP contribution is 2.36. The summed E-state index contributed by atoms with van der Waals surface area (Å²) in [5, 5.41) is 2.94. The molecule has 0 spiro atoms. The summed E-state index contributed by atoms with van der Waals surface area (Å²) in [4.78, 5) is 15.2. The second-order valence-corrected chi connectivity index (χ2v) is 6.30. The van der Waals surface area contributed by atoms with Gasteiger partial charge in [-0.15, -0.1) is 11.3 Å². The molecule has 0 bridgehead atoms. The number of carbonyl (C=O) groups is 1. The van der Waals surface area contributed by atoms with E-state index in [2.05, 4.69) is 15.0 Å². The van der Waals surface area contributed by atoms with E-state index in [-0.39, 0.29) is 12.1 Å². The minimum atomic E-state index is -4.45. The van der Waals surface area contributed by atoms with Crippen LogP contribution in [0.4, 0.5) is 23.7 Å². The molecule has 1 aromatic heterocycles. The van der Waals surface area contributed by atoms with Crippen molar-refractivity contribution in [2.24, 2.45) is 0 Å². The molecule has 0 atom stereocenters. The van der Waals surface area contributed by atoms with Crippen LogP contribution in [0.25, 0.3) is 10.2 Å². The Bertz CT molecular complexity index is 923. The summed E-state index contributed by atoms with van der Waals surface area (Å²) in [6, 6.07) is 10.5. The van der Waals surface area contributed by atoms with Gasteiger partial charge in [-0.05, 0) is 36.4 Å². The molecule has 136 valence electrons. The molecule has 0 aliphatic rings. The number of benzene rings is 2. The third-order valence-electron chi connectivity index (χ3n) is 3.42. The van der Waals surface area contributed by atoms with Gasteiger partial charge in [0.2, 0.25) is 0 Å². The van der Waals surface area contributed by atoms with Crippen LogP contribution >= 0.6 is 11.3 Å². The lowest BCUT2D eigenvalue weighted by molar-refractivity contribution is -0.136. The number of amides is 1. The number of hydrogen-bond acceptors (Lipinski definition) is 5. The molecule has 0 fully saturated rings. The Balaban J connectivity index is 1.71. The molecule has 9 heteroatoms. The standard InChI is InChI=1S/C17H13F3N2O3S/c1-24-16(23)21-10-5-7-11(8-6-10)25-9-14-22-15-12(17(18,19)20)3-2-4-13(15)26-14/h2-8H,9H2,1H3,(H,21,23). The number of halogens is 3. The molecule has 5 nitrogen and oxygen atoms in total. The second kappa shape index (κ2) is 7.20. The molecular formula is C17H13F3N2O3S. The number of alkyl halides is 3. The quantitative estimate of drug-likeness (QED) is 0.684. The molecule has 3 aromatic rings. The molecule has 0 saturated carbocycles. The minimum absolute atomic E-state index is 0.0421. The smallest absolute Gasteiger partial charge is 0.418 e. The lowest BCUT2D eigenvalue weighted by Crippen LogP contribution is -2.10. The van der Waals surface area contributed by atoms with E-state index in [0.29, 0.717) is 21.1 Å². The summed E-state index contributed by atoms with van der Waals surface area (Å²) in [5.74, 6) is 0.496. The van der Waals surface area contributed by atoms with Crippen LogP contribution in [-0.2, 0) is 17.5 Å². The Labute approximate surface area is 150 Å². The van der Waals surface area contributed by atoms with Gasteiger partial charge < -0.3 is 9.47 Å². The van der Waals surface area contributed by atoms with E-state index in [0.717, 1.165) is 17.4 Å². The van der Waals surface area contributed by atoms with Gasteiger partial charge in [-0.3, -0.25) is 5.32 Å². The summed E-state index contributed by atoms with van der Waals surface area (Å²) < 4.78 is 49.6. The lowest BCUT2D eigenvalue weighted by Gasteiger charge is -2.07. The van der Waals surface area contributed by atoms with Crippen LogP contribution in [-0.4, -0.2) is 18.2 Å². The number of nitrogens with one attached hydrogen (secondary N) is 1. The summed E-state index contributed by atoms with van der Waals surface area (Å²) in [6.45, 7) is 0.0421. The summed E-state index contributed by atoms with van der Waals surface area (Å²) in [6.07, 6.45) is -5.04. The van der Waals surface area contributed by atoms with Gasteiger partial charge in [0.1, 0.15) is 17.4 Å². The summed E-state index contributed by atoms with van der Waals surface area (Å²) in [5.41, 5.74) is -0.295. The van der Waals surface area contributed by atoms with E-state index in [1.54, 1.807) is 30.3 Å². The lowest BCUT2D eigenvalue weighted by atomic mass is 10.2. The molecule has 0 saturated heterocycles. The van der Waals surface area contributed by atoms with Crippen molar-refractivity contribution in [2.45, 2.75) is 12.8 Å². The third-order valence-corrected chi connectivity index (χ3v) is 4.41. The van der Waals surface area contributed by atoms with Crippen molar-refractivity contribution in [2.75, 3.05) is 12.4 Å². The average Bonchev–Trinajstić information content (AvgIpc) is 3.03. The van der Waals surface area contributed by atoms with Crippen LogP contribution in [0.3, 0.4) is 0 Å². The second-order valence-electron chi connectivity index (χ2n) is 5.19. The molecule has 0 radical (unpaired) electrons. The minimum Gasteiger partial charge on any atom is -0.486 e. The van der Waals surface area contributed by atoms with Crippen LogP contribution in [0.15, 0.2) is 42.5 Å². The molecule has 0 aliphatic heterocycles. The van der Waals surface area contributed by atoms with Crippen molar-refractivity contribution >= 4 is 33.3 Å². The number of carbonyl (C=O) groups excluding carboxylic acids is 1. The number of ether oxygens (including phenoxy) is 2. The topological polar surface area (TPSA) is 60.5 Å². The first-order chi connectivity index (χ1) is 12.4. The number of aromatic nitrogens is 1. The molecular weight excluding hydrogens is 369 g/mol. The molecule has 0 aliphatic carbocycles. The Morgan fingerprint density at radius 1 is 1.19 bits per heavy atom. The zero-order valence-corrected chi connectivity index (χ0v) is 14.3. The van der Waals surface area contributed by atoms with Crippen molar-refractivity contribution in [3.05, 3.63) is 53.0 Å². The maximum atomic E-state index is 13.0. The van der Waals surface area contributed by atoms with E-state index >= 15 is 0 Å². The number of para-hydroxylation sites is 1. The van der Waals surface area contributed by atoms with Gasteiger partial charge in [-0.2, -0.15) is 13.2 Å². The van der Waals surface area contributed by atoms with E-state index < -0.39 is 17.8 Å². The number of anilines is 1. The van der Waals surface area contributed by atoms with Gasteiger partial charge in [0.05, 0.1) is 22.9 Å². The first-order valence-electron chi connectivity index (χ1n) is 7.40. The van der Waals surface area contributed by atoms with E-state index in [9.17, 15) is 18.0 Å². The summed E-state index contributed by atoms with van der Waals surface area (Å²) in [7, 11) is 1.26. The maximum absolute atomic E-state index is 13.0.